The lowest BCUT2D eigenvalue weighted by molar-refractivity contribution is 0.0492. The molecule has 0 aliphatic heterocycles. The highest BCUT2D eigenvalue weighted by Crippen LogP contribution is 2.14. The van der Waals surface area contributed by atoms with Gasteiger partial charge in [-0.25, -0.2) is 4.39 Å². The van der Waals surface area contributed by atoms with E-state index in [9.17, 15) is 4.39 Å². The molecule has 14 heavy (non-hydrogen) atoms. The summed E-state index contributed by atoms with van der Waals surface area (Å²) in [6, 6.07) is 4.87. The maximum Gasteiger partial charge on any atom is 0.129 e. The van der Waals surface area contributed by atoms with E-state index in [0.717, 1.165) is 6.42 Å². The van der Waals surface area contributed by atoms with Gasteiger partial charge in [0, 0.05) is 10.5 Å². The van der Waals surface area contributed by atoms with Gasteiger partial charge in [0.1, 0.15) is 5.82 Å². The van der Waals surface area contributed by atoms with Crippen LogP contribution >= 0.6 is 12.6 Å². The molecule has 1 rings (SSSR count). The molecule has 0 aromatic heterocycles. The topological polar surface area (TPSA) is 9.23 Å². The average molecular weight is 214 g/mol. The van der Waals surface area contributed by atoms with Gasteiger partial charge in [0.2, 0.25) is 0 Å². The maximum atomic E-state index is 13.3. The van der Waals surface area contributed by atoms with Gasteiger partial charge in [0.05, 0.1) is 12.7 Å². The number of hydrogen-bond acceptors (Lipinski definition) is 2. The first-order valence-electron chi connectivity index (χ1n) is 4.72. The fourth-order valence-electron chi connectivity index (χ4n) is 1.00. The molecule has 0 aliphatic carbocycles. The first-order valence-corrected chi connectivity index (χ1v) is 5.17. The molecule has 0 N–H and O–H groups in total. The summed E-state index contributed by atoms with van der Waals surface area (Å²) in [4.78, 5) is 0.634. The lowest BCUT2D eigenvalue weighted by Crippen LogP contribution is -2.07. The summed E-state index contributed by atoms with van der Waals surface area (Å²) in [7, 11) is 0. The summed E-state index contributed by atoms with van der Waals surface area (Å²) in [5.74, 6) is -0.249. The molecule has 0 heterocycles. The predicted molar refractivity (Wildman–Crippen MR) is 58.2 cm³/mol. The van der Waals surface area contributed by atoms with E-state index >= 15 is 0 Å². The van der Waals surface area contributed by atoms with Crippen LogP contribution in [0, 0.1) is 5.82 Å². The third kappa shape index (κ3) is 3.31. The molecule has 0 unspecified atom stereocenters. The molecule has 0 spiro atoms. The van der Waals surface area contributed by atoms with Crippen molar-refractivity contribution in [1.82, 2.24) is 0 Å². The molecule has 0 aliphatic rings. The summed E-state index contributed by atoms with van der Waals surface area (Å²) in [5, 5.41) is 0. The van der Waals surface area contributed by atoms with E-state index < -0.39 is 0 Å². The summed E-state index contributed by atoms with van der Waals surface area (Å²) < 4.78 is 18.7. The molecule has 0 fully saturated rings. The van der Waals surface area contributed by atoms with Gasteiger partial charge in [-0.15, -0.1) is 12.6 Å². The van der Waals surface area contributed by atoms with Crippen molar-refractivity contribution in [2.45, 2.75) is 37.9 Å². The summed E-state index contributed by atoms with van der Waals surface area (Å²) in [6.45, 7) is 4.34. The minimum atomic E-state index is -0.249. The van der Waals surface area contributed by atoms with Crippen LogP contribution in [0.25, 0.3) is 0 Å². The van der Waals surface area contributed by atoms with Crippen molar-refractivity contribution in [3.05, 3.63) is 29.6 Å². The number of thiol groups is 1. The molecule has 0 saturated carbocycles. The summed E-state index contributed by atoms with van der Waals surface area (Å²) >= 11 is 4.05. The van der Waals surface area contributed by atoms with Crippen LogP contribution in [-0.4, -0.2) is 6.10 Å². The molecule has 1 aromatic rings. The van der Waals surface area contributed by atoms with Crippen LogP contribution in [0.15, 0.2) is 23.1 Å². The van der Waals surface area contributed by atoms with Gasteiger partial charge >= 0.3 is 0 Å². The van der Waals surface area contributed by atoms with Gasteiger partial charge in [-0.1, -0.05) is 13.0 Å². The minimum absolute atomic E-state index is 0.171. The van der Waals surface area contributed by atoms with Gasteiger partial charge in [0.15, 0.2) is 0 Å². The van der Waals surface area contributed by atoms with Gasteiger partial charge in [-0.2, -0.15) is 0 Å². The Balaban J connectivity index is 2.59. The Morgan fingerprint density at radius 1 is 1.50 bits per heavy atom. The van der Waals surface area contributed by atoms with Crippen LogP contribution in [0.4, 0.5) is 4.39 Å². The molecule has 3 heteroatoms. The highest BCUT2D eigenvalue weighted by molar-refractivity contribution is 7.80. The maximum absolute atomic E-state index is 13.3. The van der Waals surface area contributed by atoms with Crippen molar-refractivity contribution in [1.29, 1.82) is 0 Å². The van der Waals surface area contributed by atoms with Crippen molar-refractivity contribution in [2.24, 2.45) is 0 Å². The van der Waals surface area contributed by atoms with Crippen molar-refractivity contribution in [3.8, 4) is 0 Å². The Bertz CT molecular complexity index is 301. The van der Waals surface area contributed by atoms with Crippen LogP contribution in [0.2, 0.25) is 0 Å². The monoisotopic (exact) mass is 214 g/mol. The zero-order chi connectivity index (χ0) is 10.6. The third-order valence-corrected chi connectivity index (χ3v) is 2.41. The molecule has 1 atom stereocenters. The van der Waals surface area contributed by atoms with Crippen molar-refractivity contribution < 1.29 is 9.13 Å². The number of ether oxygens (including phenoxy) is 1. The van der Waals surface area contributed by atoms with Crippen molar-refractivity contribution in [3.63, 3.8) is 0 Å². The molecule has 1 aromatic carbocycles. The van der Waals surface area contributed by atoms with Gasteiger partial charge in [-0.3, -0.25) is 0 Å². The standard InChI is InChI=1S/C11H15FOS/c1-3-8(2)13-7-9-4-5-10(14)6-11(9)12/h4-6,8,14H,3,7H2,1-2H3/t8-/m1/s1. The lowest BCUT2D eigenvalue weighted by atomic mass is 10.2. The number of hydrogen-bond donors (Lipinski definition) is 1. The zero-order valence-corrected chi connectivity index (χ0v) is 9.35. The largest absolute Gasteiger partial charge is 0.374 e. The second-order valence-corrected chi connectivity index (χ2v) is 3.82. The summed E-state index contributed by atoms with van der Waals surface area (Å²) in [5.41, 5.74) is 0.586. The molecule has 78 valence electrons. The number of benzene rings is 1. The Kier molecular flexibility index (Phi) is 4.42. The lowest BCUT2D eigenvalue weighted by Gasteiger charge is -2.11. The Morgan fingerprint density at radius 3 is 2.79 bits per heavy atom. The average Bonchev–Trinajstić information content (AvgIpc) is 2.16. The van der Waals surface area contributed by atoms with E-state index in [1.165, 1.54) is 6.07 Å². The number of halogens is 1. The molecule has 0 radical (unpaired) electrons. The van der Waals surface area contributed by atoms with Gasteiger partial charge < -0.3 is 4.74 Å². The van der Waals surface area contributed by atoms with Crippen LogP contribution in [0.5, 0.6) is 0 Å². The highest BCUT2D eigenvalue weighted by atomic mass is 32.1. The zero-order valence-electron chi connectivity index (χ0n) is 8.46. The van der Waals surface area contributed by atoms with Crippen LogP contribution in [0.3, 0.4) is 0 Å². The first kappa shape index (κ1) is 11.5. The van der Waals surface area contributed by atoms with Crippen LogP contribution in [-0.2, 0) is 11.3 Å². The SMILES string of the molecule is CC[C@@H](C)OCc1ccc(S)cc1F. The highest BCUT2D eigenvalue weighted by Gasteiger charge is 2.04. The van der Waals surface area contributed by atoms with E-state index in [-0.39, 0.29) is 11.9 Å². The van der Waals surface area contributed by atoms with Crippen LogP contribution < -0.4 is 0 Å². The smallest absolute Gasteiger partial charge is 0.129 e. The number of rotatable bonds is 4. The quantitative estimate of drug-likeness (QED) is 0.755. The van der Waals surface area contributed by atoms with E-state index in [1.54, 1.807) is 12.1 Å². The molecule has 0 amide bonds. The second-order valence-electron chi connectivity index (χ2n) is 3.31. The van der Waals surface area contributed by atoms with Gasteiger partial charge in [-0.05, 0) is 25.5 Å². The molecule has 0 bridgehead atoms. The van der Waals surface area contributed by atoms with Crippen molar-refractivity contribution >= 4 is 12.6 Å². The minimum Gasteiger partial charge on any atom is -0.374 e. The third-order valence-electron chi connectivity index (χ3n) is 2.13. The van der Waals surface area contributed by atoms with E-state index in [1.807, 2.05) is 13.8 Å². The predicted octanol–water partition coefficient (Wildman–Crippen LogP) is 3.43. The van der Waals surface area contributed by atoms with E-state index in [0.29, 0.717) is 17.1 Å². The molecule has 0 saturated heterocycles. The fourth-order valence-corrected chi connectivity index (χ4v) is 1.19. The Morgan fingerprint density at radius 2 is 2.21 bits per heavy atom. The molecular formula is C11H15FOS. The van der Waals surface area contributed by atoms with Crippen molar-refractivity contribution in [2.75, 3.05) is 0 Å². The van der Waals surface area contributed by atoms with E-state index in [2.05, 4.69) is 12.6 Å². The first-order chi connectivity index (χ1) is 6.63. The van der Waals surface area contributed by atoms with E-state index in [4.69, 9.17) is 4.74 Å². The summed E-state index contributed by atoms with van der Waals surface area (Å²) in [6.07, 6.45) is 1.11. The van der Waals surface area contributed by atoms with Crippen LogP contribution in [0.1, 0.15) is 25.8 Å². The Hall–Kier alpha value is -0.540. The Labute approximate surface area is 89.7 Å². The normalized spacial score (nSPS) is 12.9. The second kappa shape index (κ2) is 5.37. The molecule has 1 nitrogen and oxygen atoms in total. The fraction of sp³-hybridized carbons (Fsp3) is 0.455. The van der Waals surface area contributed by atoms with Gasteiger partial charge in [0.25, 0.3) is 0 Å². The molecular weight excluding hydrogens is 199 g/mol.